The van der Waals surface area contributed by atoms with Crippen LogP contribution in [0.15, 0.2) is 24.3 Å². The molecule has 0 aliphatic carbocycles. The fraction of sp³-hybridized carbons (Fsp3) is 0.0909. The summed E-state index contributed by atoms with van der Waals surface area (Å²) in [5.74, 6) is -0.643. The molecule has 0 radical (unpaired) electrons. The molecule has 2 rings (SSSR count). The highest BCUT2D eigenvalue weighted by Crippen LogP contribution is 2.08. The van der Waals surface area contributed by atoms with Crippen molar-refractivity contribution in [3.63, 3.8) is 0 Å². The molecule has 0 aliphatic heterocycles. The number of nitriles is 1. The van der Waals surface area contributed by atoms with Gasteiger partial charge in [-0.2, -0.15) is 10.4 Å². The van der Waals surface area contributed by atoms with E-state index in [0.29, 0.717) is 0 Å². The van der Waals surface area contributed by atoms with Gasteiger partial charge in [0.1, 0.15) is 5.82 Å². The largest absolute Gasteiger partial charge is 0.268 e. The fourth-order valence-corrected chi connectivity index (χ4v) is 1.68. The Balaban J connectivity index is 2.46. The number of carbonyl (C=O) groups excluding carboxylic acids is 1. The number of benzene rings is 1. The van der Waals surface area contributed by atoms with Gasteiger partial charge in [-0.3, -0.25) is 9.89 Å². The van der Waals surface area contributed by atoms with Crippen LogP contribution in [0.2, 0.25) is 0 Å². The minimum absolute atomic E-state index is 0.0416. The number of carbonyl (C=O) groups is 1. The van der Waals surface area contributed by atoms with Gasteiger partial charge in [0.25, 0.3) is 5.91 Å². The second-order valence-electron chi connectivity index (χ2n) is 3.43. The molecule has 0 fully saturated rings. The first-order valence-corrected chi connectivity index (χ1v) is 5.38. The second-order valence-corrected chi connectivity index (χ2v) is 3.81. The molecule has 1 aromatic carbocycles. The van der Waals surface area contributed by atoms with E-state index in [1.165, 1.54) is 24.3 Å². The molecule has 0 saturated carbocycles. The van der Waals surface area contributed by atoms with Crippen LogP contribution >= 0.6 is 12.2 Å². The first-order chi connectivity index (χ1) is 8.63. The van der Waals surface area contributed by atoms with Crippen LogP contribution < -0.4 is 0 Å². The number of hydrogen-bond acceptors (Lipinski definition) is 4. The summed E-state index contributed by atoms with van der Waals surface area (Å²) in [5, 5.41) is 14.9. The summed E-state index contributed by atoms with van der Waals surface area (Å²) < 4.78 is 14.0. The van der Waals surface area contributed by atoms with Gasteiger partial charge in [0.2, 0.25) is 4.77 Å². The van der Waals surface area contributed by atoms with Crippen LogP contribution in [0.25, 0.3) is 0 Å². The van der Waals surface area contributed by atoms with Crippen molar-refractivity contribution in [1.82, 2.24) is 14.8 Å². The summed E-state index contributed by atoms with van der Waals surface area (Å²) in [5.41, 5.74) is 0.271. The SMILES string of the molecule is N#CCc1n[nH]c(=S)n1C(=O)c1ccc(F)cc1. The van der Waals surface area contributed by atoms with Crippen molar-refractivity contribution in [2.24, 2.45) is 0 Å². The number of nitrogens with one attached hydrogen (secondary N) is 1. The van der Waals surface area contributed by atoms with Crippen molar-refractivity contribution in [2.75, 3.05) is 0 Å². The lowest BCUT2D eigenvalue weighted by molar-refractivity contribution is 0.0955. The summed E-state index contributed by atoms with van der Waals surface area (Å²) in [6.45, 7) is 0. The standard InChI is InChI=1S/C11H7FN4OS/c12-8-3-1-7(2-4-8)10(17)16-9(5-6-13)14-15-11(16)18/h1-4H,5H2,(H,15,18). The minimum atomic E-state index is -0.445. The van der Waals surface area contributed by atoms with E-state index in [-0.39, 0.29) is 22.6 Å². The van der Waals surface area contributed by atoms with E-state index in [9.17, 15) is 9.18 Å². The molecule has 0 unspecified atom stereocenters. The summed E-state index contributed by atoms with van der Waals surface area (Å²) >= 11 is 4.93. The van der Waals surface area contributed by atoms with Gasteiger partial charge in [-0.1, -0.05) is 0 Å². The van der Waals surface area contributed by atoms with E-state index in [2.05, 4.69) is 10.2 Å². The van der Waals surface area contributed by atoms with Crippen LogP contribution in [0.3, 0.4) is 0 Å². The Morgan fingerprint density at radius 3 is 2.78 bits per heavy atom. The molecule has 0 atom stereocenters. The highest BCUT2D eigenvalue weighted by atomic mass is 32.1. The molecular formula is C11H7FN4OS. The van der Waals surface area contributed by atoms with Gasteiger partial charge in [0.15, 0.2) is 5.82 Å². The topological polar surface area (TPSA) is 74.5 Å². The Bertz CT molecular complexity index is 680. The van der Waals surface area contributed by atoms with Crippen molar-refractivity contribution in [3.8, 4) is 6.07 Å². The third-order valence-electron chi connectivity index (χ3n) is 2.27. The predicted molar refractivity (Wildman–Crippen MR) is 62.9 cm³/mol. The molecule has 0 bridgehead atoms. The van der Waals surface area contributed by atoms with Crippen molar-refractivity contribution in [3.05, 3.63) is 46.2 Å². The molecule has 0 aliphatic rings. The zero-order chi connectivity index (χ0) is 13.1. The average molecular weight is 262 g/mol. The zero-order valence-corrected chi connectivity index (χ0v) is 9.87. The van der Waals surface area contributed by atoms with Gasteiger partial charge in [-0.05, 0) is 36.5 Å². The maximum atomic E-state index is 12.8. The van der Waals surface area contributed by atoms with Crippen molar-refractivity contribution >= 4 is 18.1 Å². The van der Waals surface area contributed by atoms with Gasteiger partial charge in [-0.15, -0.1) is 0 Å². The summed E-state index contributed by atoms with van der Waals surface area (Å²) in [7, 11) is 0. The summed E-state index contributed by atoms with van der Waals surface area (Å²) in [6, 6.07) is 6.95. The monoisotopic (exact) mass is 262 g/mol. The Morgan fingerprint density at radius 2 is 2.17 bits per heavy atom. The van der Waals surface area contributed by atoms with Crippen molar-refractivity contribution in [2.45, 2.75) is 6.42 Å². The number of aromatic nitrogens is 3. The number of halogens is 1. The highest BCUT2D eigenvalue weighted by molar-refractivity contribution is 7.71. The van der Waals surface area contributed by atoms with Gasteiger partial charge < -0.3 is 0 Å². The second kappa shape index (κ2) is 4.89. The predicted octanol–water partition coefficient (Wildman–Crippen LogP) is 1.83. The lowest BCUT2D eigenvalue weighted by Gasteiger charge is -2.03. The normalized spacial score (nSPS) is 10.0. The molecule has 1 N–H and O–H groups in total. The Kier molecular flexibility index (Phi) is 3.30. The molecular weight excluding hydrogens is 255 g/mol. The first-order valence-electron chi connectivity index (χ1n) is 4.97. The van der Waals surface area contributed by atoms with Crippen LogP contribution in [-0.2, 0) is 6.42 Å². The molecule has 90 valence electrons. The fourth-order valence-electron chi connectivity index (χ4n) is 1.45. The lowest BCUT2D eigenvalue weighted by Crippen LogP contribution is -2.15. The molecule has 1 aromatic heterocycles. The smallest absolute Gasteiger partial charge is 0.265 e. The number of nitrogens with zero attached hydrogens (tertiary/aromatic N) is 3. The maximum absolute atomic E-state index is 12.8. The lowest BCUT2D eigenvalue weighted by atomic mass is 10.2. The summed E-state index contributed by atoms with van der Waals surface area (Å²) in [4.78, 5) is 12.1. The van der Waals surface area contributed by atoms with Crippen LogP contribution in [0, 0.1) is 21.9 Å². The first kappa shape index (κ1) is 12.1. The molecule has 2 aromatic rings. The van der Waals surface area contributed by atoms with Crippen molar-refractivity contribution in [1.29, 1.82) is 5.26 Å². The molecule has 18 heavy (non-hydrogen) atoms. The minimum Gasteiger partial charge on any atom is -0.268 e. The van der Waals surface area contributed by atoms with E-state index in [4.69, 9.17) is 17.5 Å². The van der Waals surface area contributed by atoms with Gasteiger partial charge in [-0.25, -0.2) is 8.96 Å². The Labute approximate surface area is 106 Å². The number of aromatic amines is 1. The number of hydrogen-bond donors (Lipinski definition) is 1. The van der Waals surface area contributed by atoms with Crippen LogP contribution in [0.4, 0.5) is 4.39 Å². The average Bonchev–Trinajstić information content (AvgIpc) is 2.71. The zero-order valence-electron chi connectivity index (χ0n) is 9.05. The quantitative estimate of drug-likeness (QED) is 0.838. The Hall–Kier alpha value is -2.33. The number of H-pyrrole nitrogens is 1. The maximum Gasteiger partial charge on any atom is 0.265 e. The van der Waals surface area contributed by atoms with E-state index >= 15 is 0 Å². The molecule has 0 amide bonds. The molecule has 7 heteroatoms. The Morgan fingerprint density at radius 1 is 1.50 bits per heavy atom. The van der Waals surface area contributed by atoms with Crippen LogP contribution in [-0.4, -0.2) is 20.7 Å². The molecule has 0 saturated heterocycles. The summed E-state index contributed by atoms with van der Waals surface area (Å²) in [6.07, 6.45) is -0.0416. The molecule has 1 heterocycles. The van der Waals surface area contributed by atoms with Crippen LogP contribution in [0.1, 0.15) is 16.2 Å². The third kappa shape index (κ3) is 2.19. The van der Waals surface area contributed by atoms with Gasteiger partial charge in [0.05, 0.1) is 12.5 Å². The van der Waals surface area contributed by atoms with Crippen molar-refractivity contribution < 1.29 is 9.18 Å². The molecule has 5 nitrogen and oxygen atoms in total. The third-order valence-corrected chi connectivity index (χ3v) is 2.55. The molecule has 0 spiro atoms. The highest BCUT2D eigenvalue weighted by Gasteiger charge is 2.15. The number of rotatable bonds is 2. The van der Waals surface area contributed by atoms with E-state index in [1.807, 2.05) is 6.07 Å². The van der Waals surface area contributed by atoms with Crippen LogP contribution in [0.5, 0.6) is 0 Å². The van der Waals surface area contributed by atoms with E-state index < -0.39 is 11.7 Å². The van der Waals surface area contributed by atoms with Gasteiger partial charge in [0, 0.05) is 5.56 Å². The van der Waals surface area contributed by atoms with E-state index in [0.717, 1.165) is 4.57 Å². The van der Waals surface area contributed by atoms with Gasteiger partial charge >= 0.3 is 0 Å². The van der Waals surface area contributed by atoms with E-state index in [1.54, 1.807) is 0 Å².